The number of carbonyl (C=O) groups is 1. The number of aromatic nitrogens is 2. The van der Waals surface area contributed by atoms with Crippen molar-refractivity contribution in [1.82, 2.24) is 15.1 Å². The number of carbonyl (C=O) groups excluding carboxylic acids is 1. The van der Waals surface area contributed by atoms with Gasteiger partial charge in [0.05, 0.1) is 6.54 Å². The second-order valence-corrected chi connectivity index (χ2v) is 5.43. The van der Waals surface area contributed by atoms with Crippen molar-refractivity contribution in [3.05, 3.63) is 18.5 Å². The Bertz CT molecular complexity index is 325. The second-order valence-electron chi connectivity index (χ2n) is 5.43. The minimum Gasteiger partial charge on any atom is -0.352 e. The van der Waals surface area contributed by atoms with Crippen LogP contribution >= 0.6 is 0 Å². The van der Waals surface area contributed by atoms with Gasteiger partial charge in [-0.1, -0.05) is 20.8 Å². The SMILES string of the molecule is C[C@H](Cn1cccn1)NC(=O)CC(C)(C)C. The minimum atomic E-state index is 0.0372. The van der Waals surface area contributed by atoms with Crippen LogP contribution in [0, 0.1) is 5.41 Å². The van der Waals surface area contributed by atoms with Crippen LogP contribution in [0.1, 0.15) is 34.1 Å². The lowest BCUT2D eigenvalue weighted by atomic mass is 9.92. The first-order valence-corrected chi connectivity index (χ1v) is 5.63. The van der Waals surface area contributed by atoms with E-state index in [1.807, 2.05) is 23.9 Å². The molecule has 1 rings (SSSR count). The highest BCUT2D eigenvalue weighted by Crippen LogP contribution is 2.17. The molecule has 1 atom stereocenters. The topological polar surface area (TPSA) is 46.9 Å². The monoisotopic (exact) mass is 223 g/mol. The first kappa shape index (κ1) is 12.7. The maximum atomic E-state index is 11.7. The molecule has 1 heterocycles. The Balaban J connectivity index is 2.34. The van der Waals surface area contributed by atoms with Crippen molar-refractivity contribution in [2.24, 2.45) is 5.41 Å². The van der Waals surface area contributed by atoms with Gasteiger partial charge in [-0.2, -0.15) is 5.10 Å². The Labute approximate surface area is 97.0 Å². The van der Waals surface area contributed by atoms with E-state index in [-0.39, 0.29) is 17.4 Å². The van der Waals surface area contributed by atoms with Crippen molar-refractivity contribution >= 4 is 5.91 Å². The van der Waals surface area contributed by atoms with Crippen molar-refractivity contribution in [1.29, 1.82) is 0 Å². The van der Waals surface area contributed by atoms with Gasteiger partial charge < -0.3 is 5.32 Å². The number of nitrogens with one attached hydrogen (secondary N) is 1. The van der Waals surface area contributed by atoms with E-state index in [4.69, 9.17) is 0 Å². The number of hydrogen-bond donors (Lipinski definition) is 1. The Kier molecular flexibility index (Phi) is 4.10. The summed E-state index contributed by atoms with van der Waals surface area (Å²) in [6.45, 7) is 8.88. The van der Waals surface area contributed by atoms with Gasteiger partial charge in [0.25, 0.3) is 0 Å². The molecule has 1 aromatic heterocycles. The summed E-state index contributed by atoms with van der Waals surface area (Å²) < 4.78 is 1.82. The van der Waals surface area contributed by atoms with Gasteiger partial charge in [-0.3, -0.25) is 9.48 Å². The summed E-state index contributed by atoms with van der Waals surface area (Å²) in [5.41, 5.74) is 0.0372. The van der Waals surface area contributed by atoms with Gasteiger partial charge in [0.15, 0.2) is 0 Å². The molecule has 4 nitrogen and oxygen atoms in total. The highest BCUT2D eigenvalue weighted by molar-refractivity contribution is 5.76. The third-order valence-electron chi connectivity index (χ3n) is 2.12. The molecule has 16 heavy (non-hydrogen) atoms. The van der Waals surface area contributed by atoms with E-state index in [2.05, 4.69) is 31.2 Å². The molecule has 0 spiro atoms. The molecule has 0 bridgehead atoms. The molecular formula is C12H21N3O. The summed E-state index contributed by atoms with van der Waals surface area (Å²) in [7, 11) is 0. The van der Waals surface area contributed by atoms with E-state index in [1.165, 1.54) is 0 Å². The lowest BCUT2D eigenvalue weighted by Crippen LogP contribution is -2.37. The molecule has 1 N–H and O–H groups in total. The Morgan fingerprint density at radius 3 is 2.69 bits per heavy atom. The van der Waals surface area contributed by atoms with Crippen LogP contribution in [0.15, 0.2) is 18.5 Å². The number of nitrogens with zero attached hydrogens (tertiary/aromatic N) is 2. The van der Waals surface area contributed by atoms with Crippen LogP contribution in [0.5, 0.6) is 0 Å². The smallest absolute Gasteiger partial charge is 0.220 e. The van der Waals surface area contributed by atoms with E-state index in [0.717, 1.165) is 0 Å². The first-order valence-electron chi connectivity index (χ1n) is 5.63. The summed E-state index contributed by atoms with van der Waals surface area (Å²) in [6.07, 6.45) is 4.19. The second kappa shape index (κ2) is 5.14. The van der Waals surface area contributed by atoms with Gasteiger partial charge in [0.2, 0.25) is 5.91 Å². The van der Waals surface area contributed by atoms with Crippen LogP contribution in [-0.2, 0) is 11.3 Å². The molecule has 0 saturated heterocycles. The minimum absolute atomic E-state index is 0.0372. The van der Waals surface area contributed by atoms with Crippen LogP contribution < -0.4 is 5.32 Å². The largest absolute Gasteiger partial charge is 0.352 e. The van der Waals surface area contributed by atoms with Gasteiger partial charge in [-0.25, -0.2) is 0 Å². The zero-order chi connectivity index (χ0) is 12.2. The Hall–Kier alpha value is -1.32. The average molecular weight is 223 g/mol. The van der Waals surface area contributed by atoms with Crippen molar-refractivity contribution in [3.63, 3.8) is 0 Å². The zero-order valence-corrected chi connectivity index (χ0v) is 10.5. The van der Waals surface area contributed by atoms with Crippen molar-refractivity contribution in [2.45, 2.75) is 46.7 Å². The molecule has 0 fully saturated rings. The third-order valence-corrected chi connectivity index (χ3v) is 2.12. The quantitative estimate of drug-likeness (QED) is 0.846. The lowest BCUT2D eigenvalue weighted by Gasteiger charge is -2.20. The van der Waals surface area contributed by atoms with Gasteiger partial charge in [0.1, 0.15) is 0 Å². The first-order chi connectivity index (χ1) is 7.37. The molecule has 0 saturated carbocycles. The van der Waals surface area contributed by atoms with E-state index in [0.29, 0.717) is 13.0 Å². The van der Waals surface area contributed by atoms with Gasteiger partial charge >= 0.3 is 0 Å². The van der Waals surface area contributed by atoms with Crippen LogP contribution in [-0.4, -0.2) is 21.7 Å². The fraction of sp³-hybridized carbons (Fsp3) is 0.667. The molecule has 90 valence electrons. The number of hydrogen-bond acceptors (Lipinski definition) is 2. The molecule has 0 radical (unpaired) electrons. The van der Waals surface area contributed by atoms with E-state index >= 15 is 0 Å². The molecule has 0 aromatic carbocycles. The molecular weight excluding hydrogens is 202 g/mol. The summed E-state index contributed by atoms with van der Waals surface area (Å²) >= 11 is 0. The highest BCUT2D eigenvalue weighted by Gasteiger charge is 2.17. The Morgan fingerprint density at radius 2 is 2.19 bits per heavy atom. The summed E-state index contributed by atoms with van der Waals surface area (Å²) in [4.78, 5) is 11.7. The predicted octanol–water partition coefficient (Wildman–Crippen LogP) is 1.82. The van der Waals surface area contributed by atoms with Crippen LogP contribution in [0.2, 0.25) is 0 Å². The van der Waals surface area contributed by atoms with E-state index < -0.39 is 0 Å². The number of amides is 1. The van der Waals surface area contributed by atoms with Crippen molar-refractivity contribution < 1.29 is 4.79 Å². The maximum Gasteiger partial charge on any atom is 0.220 e. The zero-order valence-electron chi connectivity index (χ0n) is 10.5. The molecule has 0 aliphatic heterocycles. The normalized spacial score (nSPS) is 13.5. The molecule has 0 unspecified atom stereocenters. The number of rotatable bonds is 4. The maximum absolute atomic E-state index is 11.7. The fourth-order valence-corrected chi connectivity index (χ4v) is 1.54. The average Bonchev–Trinajstić information content (AvgIpc) is 2.51. The molecule has 1 amide bonds. The van der Waals surface area contributed by atoms with Crippen LogP contribution in [0.3, 0.4) is 0 Å². The fourth-order valence-electron chi connectivity index (χ4n) is 1.54. The Morgan fingerprint density at radius 1 is 1.50 bits per heavy atom. The summed E-state index contributed by atoms with van der Waals surface area (Å²) in [5.74, 6) is 0.104. The van der Waals surface area contributed by atoms with Gasteiger partial charge in [-0.15, -0.1) is 0 Å². The lowest BCUT2D eigenvalue weighted by molar-refractivity contribution is -0.123. The molecule has 1 aromatic rings. The highest BCUT2D eigenvalue weighted by atomic mass is 16.1. The molecule has 0 aliphatic rings. The third kappa shape index (κ3) is 4.96. The summed E-state index contributed by atoms with van der Waals surface area (Å²) in [5, 5.41) is 7.08. The van der Waals surface area contributed by atoms with Gasteiger partial charge in [-0.05, 0) is 18.4 Å². The van der Waals surface area contributed by atoms with Gasteiger partial charge in [0, 0.05) is 24.9 Å². The summed E-state index contributed by atoms with van der Waals surface area (Å²) in [6, 6.07) is 1.98. The van der Waals surface area contributed by atoms with E-state index in [9.17, 15) is 4.79 Å². The van der Waals surface area contributed by atoms with Crippen LogP contribution in [0.25, 0.3) is 0 Å². The molecule has 4 heteroatoms. The van der Waals surface area contributed by atoms with Crippen molar-refractivity contribution in [2.75, 3.05) is 0 Å². The van der Waals surface area contributed by atoms with E-state index in [1.54, 1.807) is 6.20 Å². The molecule has 0 aliphatic carbocycles. The van der Waals surface area contributed by atoms with Crippen molar-refractivity contribution in [3.8, 4) is 0 Å². The predicted molar refractivity (Wildman–Crippen MR) is 63.9 cm³/mol. The van der Waals surface area contributed by atoms with Crippen LogP contribution in [0.4, 0.5) is 0 Å². The standard InChI is InChI=1S/C12H21N3O/c1-10(9-15-7-5-6-13-15)14-11(16)8-12(2,3)4/h5-7,10H,8-9H2,1-4H3,(H,14,16)/t10-/m1/s1.